The first-order valence-corrected chi connectivity index (χ1v) is 6.04. The van der Waals surface area contributed by atoms with E-state index in [1.807, 2.05) is 6.07 Å². The van der Waals surface area contributed by atoms with E-state index < -0.39 is 0 Å². The second-order valence-corrected chi connectivity index (χ2v) is 4.35. The molecule has 0 bridgehead atoms. The maximum absolute atomic E-state index is 5.54. The molecule has 1 aromatic heterocycles. The third kappa shape index (κ3) is 3.05. The third-order valence-corrected chi connectivity index (χ3v) is 3.22. The van der Waals surface area contributed by atoms with Crippen molar-refractivity contribution in [2.45, 2.75) is 17.3 Å². The number of hydrogen-bond acceptors (Lipinski definition) is 4. The van der Waals surface area contributed by atoms with Crippen LogP contribution in [-0.4, -0.2) is 9.97 Å². The highest BCUT2D eigenvalue weighted by Gasteiger charge is 1.97. The second-order valence-electron chi connectivity index (χ2n) is 3.36. The Kier molecular flexibility index (Phi) is 3.91. The maximum Gasteiger partial charge on any atom is 0.116 e. The van der Waals surface area contributed by atoms with Crippen LogP contribution in [0.3, 0.4) is 0 Å². The number of rotatable bonds is 4. The van der Waals surface area contributed by atoms with Gasteiger partial charge in [-0.15, -0.1) is 11.8 Å². The van der Waals surface area contributed by atoms with Gasteiger partial charge in [0.25, 0.3) is 0 Å². The van der Waals surface area contributed by atoms with Crippen LogP contribution in [0.15, 0.2) is 47.9 Å². The number of nitrogens with two attached hydrogens (primary N) is 1. The molecule has 16 heavy (non-hydrogen) atoms. The van der Waals surface area contributed by atoms with Crippen LogP contribution < -0.4 is 5.73 Å². The molecule has 0 spiro atoms. The van der Waals surface area contributed by atoms with Crippen LogP contribution in [0.4, 0.5) is 0 Å². The summed E-state index contributed by atoms with van der Waals surface area (Å²) in [4.78, 5) is 8.04. The Hall–Kier alpha value is -1.39. The van der Waals surface area contributed by atoms with E-state index in [1.54, 1.807) is 24.3 Å². The van der Waals surface area contributed by atoms with Gasteiger partial charge in [-0.25, -0.2) is 9.97 Å². The van der Waals surface area contributed by atoms with Gasteiger partial charge in [0.15, 0.2) is 0 Å². The van der Waals surface area contributed by atoms with Gasteiger partial charge < -0.3 is 5.73 Å². The van der Waals surface area contributed by atoms with Crippen LogP contribution in [0.1, 0.15) is 11.1 Å². The Morgan fingerprint density at radius 2 is 1.81 bits per heavy atom. The van der Waals surface area contributed by atoms with Crippen molar-refractivity contribution in [2.75, 3.05) is 0 Å². The Labute approximate surface area is 99.1 Å². The number of hydrogen-bond donors (Lipinski definition) is 1. The largest absolute Gasteiger partial charge is 0.326 e. The fraction of sp³-hybridized carbons (Fsp3) is 0.167. The smallest absolute Gasteiger partial charge is 0.116 e. The van der Waals surface area contributed by atoms with E-state index in [9.17, 15) is 0 Å². The van der Waals surface area contributed by atoms with E-state index >= 15 is 0 Å². The van der Waals surface area contributed by atoms with E-state index in [-0.39, 0.29) is 0 Å². The second kappa shape index (κ2) is 5.63. The fourth-order valence-corrected chi connectivity index (χ4v) is 2.08. The van der Waals surface area contributed by atoms with Gasteiger partial charge in [-0.2, -0.15) is 0 Å². The van der Waals surface area contributed by atoms with Crippen molar-refractivity contribution in [1.82, 2.24) is 9.97 Å². The first-order valence-electron chi connectivity index (χ1n) is 5.05. The van der Waals surface area contributed by atoms with Crippen molar-refractivity contribution < 1.29 is 0 Å². The minimum Gasteiger partial charge on any atom is -0.326 e. The number of benzene rings is 1. The van der Waals surface area contributed by atoms with E-state index in [4.69, 9.17) is 5.73 Å². The predicted molar refractivity (Wildman–Crippen MR) is 65.9 cm³/mol. The van der Waals surface area contributed by atoms with Crippen molar-refractivity contribution in [1.29, 1.82) is 0 Å². The summed E-state index contributed by atoms with van der Waals surface area (Å²) >= 11 is 1.70. The van der Waals surface area contributed by atoms with Crippen LogP contribution in [0.2, 0.25) is 0 Å². The van der Waals surface area contributed by atoms with Crippen LogP contribution in [0.25, 0.3) is 0 Å². The summed E-state index contributed by atoms with van der Waals surface area (Å²) in [5, 5.41) is 0.998. The molecule has 0 atom stereocenters. The van der Waals surface area contributed by atoms with Gasteiger partial charge in [-0.05, 0) is 17.2 Å². The minimum atomic E-state index is 0.597. The molecule has 4 heteroatoms. The van der Waals surface area contributed by atoms with Gasteiger partial charge in [0.1, 0.15) is 6.33 Å². The fourth-order valence-electron chi connectivity index (χ4n) is 1.29. The summed E-state index contributed by atoms with van der Waals surface area (Å²) in [6.45, 7) is 0.597. The zero-order valence-electron chi connectivity index (χ0n) is 8.84. The van der Waals surface area contributed by atoms with Gasteiger partial charge in [0, 0.05) is 18.5 Å². The summed E-state index contributed by atoms with van der Waals surface area (Å²) in [7, 11) is 0. The quantitative estimate of drug-likeness (QED) is 0.647. The Morgan fingerprint density at radius 1 is 1.06 bits per heavy atom. The van der Waals surface area contributed by atoms with Crippen LogP contribution >= 0.6 is 11.8 Å². The molecule has 0 saturated heterocycles. The first kappa shape index (κ1) is 11.1. The highest BCUT2D eigenvalue weighted by atomic mass is 32.2. The molecule has 0 saturated carbocycles. The maximum atomic E-state index is 5.54. The lowest BCUT2D eigenvalue weighted by Crippen LogP contribution is -1.95. The first-order chi connectivity index (χ1) is 7.88. The molecule has 0 aliphatic rings. The molecule has 0 aliphatic heterocycles. The molecular weight excluding hydrogens is 218 g/mol. The molecule has 3 nitrogen and oxygen atoms in total. The van der Waals surface area contributed by atoms with Crippen molar-refractivity contribution in [3.8, 4) is 0 Å². The van der Waals surface area contributed by atoms with Crippen LogP contribution in [0, 0.1) is 0 Å². The molecule has 2 aromatic rings. The van der Waals surface area contributed by atoms with E-state index in [1.165, 1.54) is 5.56 Å². The van der Waals surface area contributed by atoms with Gasteiger partial charge in [0.2, 0.25) is 0 Å². The molecule has 0 amide bonds. The SMILES string of the molecule is NCc1ccc(CSc2ccncn2)cc1. The predicted octanol–water partition coefficient (Wildman–Crippen LogP) is 2.23. The van der Waals surface area contributed by atoms with Crippen LogP contribution in [-0.2, 0) is 12.3 Å². The highest BCUT2D eigenvalue weighted by Crippen LogP contribution is 2.19. The van der Waals surface area contributed by atoms with Gasteiger partial charge in [-0.1, -0.05) is 24.3 Å². The third-order valence-electron chi connectivity index (χ3n) is 2.20. The topological polar surface area (TPSA) is 51.8 Å². The lowest BCUT2D eigenvalue weighted by molar-refractivity contribution is 1.04. The Balaban J connectivity index is 1.94. The molecule has 0 radical (unpaired) electrons. The zero-order chi connectivity index (χ0) is 11.2. The molecule has 0 unspecified atom stereocenters. The van der Waals surface area contributed by atoms with Crippen molar-refractivity contribution in [3.63, 3.8) is 0 Å². The minimum absolute atomic E-state index is 0.597. The van der Waals surface area contributed by atoms with Crippen molar-refractivity contribution in [3.05, 3.63) is 54.0 Å². The average Bonchev–Trinajstić information content (AvgIpc) is 2.38. The van der Waals surface area contributed by atoms with Gasteiger partial charge in [0.05, 0.1) is 5.03 Å². The summed E-state index contributed by atoms with van der Waals surface area (Å²) < 4.78 is 0. The highest BCUT2D eigenvalue weighted by molar-refractivity contribution is 7.98. The monoisotopic (exact) mass is 231 g/mol. The number of thioether (sulfide) groups is 1. The standard InChI is InChI=1S/C12H13N3S/c13-7-10-1-3-11(4-2-10)8-16-12-5-6-14-9-15-12/h1-6,9H,7-8,13H2. The van der Waals surface area contributed by atoms with Gasteiger partial charge in [-0.3, -0.25) is 0 Å². The van der Waals surface area contributed by atoms with Gasteiger partial charge >= 0.3 is 0 Å². The molecule has 2 rings (SSSR count). The molecule has 0 fully saturated rings. The summed E-state index contributed by atoms with van der Waals surface area (Å²) in [5.41, 5.74) is 7.98. The summed E-state index contributed by atoms with van der Waals surface area (Å²) in [6, 6.07) is 10.3. The molecule has 0 aliphatic carbocycles. The summed E-state index contributed by atoms with van der Waals surface area (Å²) in [6.07, 6.45) is 3.33. The number of aromatic nitrogens is 2. The van der Waals surface area contributed by atoms with E-state index in [0.29, 0.717) is 6.54 Å². The molecule has 1 aromatic carbocycles. The zero-order valence-corrected chi connectivity index (χ0v) is 9.65. The number of nitrogens with zero attached hydrogens (tertiary/aromatic N) is 2. The molecule has 82 valence electrons. The van der Waals surface area contributed by atoms with Crippen molar-refractivity contribution in [2.24, 2.45) is 5.73 Å². The van der Waals surface area contributed by atoms with Crippen molar-refractivity contribution >= 4 is 11.8 Å². The van der Waals surface area contributed by atoms with E-state index in [0.717, 1.165) is 16.3 Å². The Morgan fingerprint density at radius 3 is 2.44 bits per heavy atom. The molecule has 2 N–H and O–H groups in total. The molecular formula is C12H13N3S. The molecule has 1 heterocycles. The lowest BCUT2D eigenvalue weighted by atomic mass is 10.1. The normalized spacial score (nSPS) is 10.3. The summed E-state index contributed by atoms with van der Waals surface area (Å²) in [5.74, 6) is 0.919. The lowest BCUT2D eigenvalue weighted by Gasteiger charge is -2.02. The van der Waals surface area contributed by atoms with Crippen LogP contribution in [0.5, 0.6) is 0 Å². The van der Waals surface area contributed by atoms with E-state index in [2.05, 4.69) is 34.2 Å². The Bertz CT molecular complexity index is 428. The average molecular weight is 231 g/mol.